The molecule has 1 heterocycles. The van der Waals surface area contributed by atoms with Crippen LogP contribution in [0.3, 0.4) is 0 Å². The molecule has 1 fully saturated rings. The second-order valence-electron chi connectivity index (χ2n) is 4.86. The molecule has 1 aliphatic rings. The van der Waals surface area contributed by atoms with Crippen LogP contribution in [0.1, 0.15) is 38.3 Å². The van der Waals surface area contributed by atoms with Gasteiger partial charge in [-0.05, 0) is 37.8 Å². The molecule has 2 atom stereocenters. The van der Waals surface area contributed by atoms with Crippen molar-refractivity contribution in [2.75, 3.05) is 5.73 Å². The lowest BCUT2D eigenvalue weighted by Gasteiger charge is -2.26. The lowest BCUT2D eigenvalue weighted by molar-refractivity contribution is 0.394. The summed E-state index contributed by atoms with van der Waals surface area (Å²) in [5.74, 6) is 0.859. The van der Waals surface area contributed by atoms with Gasteiger partial charge in [0, 0.05) is 10.9 Å². The number of aryl methyl sites for hydroxylation is 1. The smallest absolute Gasteiger partial charge is 0.119 e. The van der Waals surface area contributed by atoms with E-state index in [1.807, 2.05) is 30.8 Å². The van der Waals surface area contributed by atoms with Crippen LogP contribution in [0.5, 0.6) is 0 Å². The van der Waals surface area contributed by atoms with E-state index in [9.17, 15) is 0 Å². The molecule has 1 aliphatic carbocycles. The minimum Gasteiger partial charge on any atom is -0.397 e. The van der Waals surface area contributed by atoms with E-state index in [4.69, 9.17) is 5.73 Å². The topological polar surface area (TPSA) is 38.9 Å². The molecule has 1 saturated carbocycles. The van der Waals surface area contributed by atoms with E-state index >= 15 is 0 Å². The van der Waals surface area contributed by atoms with Crippen molar-refractivity contribution in [2.24, 2.45) is 5.92 Å². The number of hydrogen-bond donors (Lipinski definition) is 1. The minimum atomic E-state index is 0.709. The third-order valence-corrected chi connectivity index (χ3v) is 4.51. The van der Waals surface area contributed by atoms with Crippen molar-refractivity contribution in [3.8, 4) is 0 Å². The highest BCUT2D eigenvalue weighted by Gasteiger charge is 2.20. The zero-order valence-corrected chi connectivity index (χ0v) is 10.9. The first-order valence-corrected chi connectivity index (χ1v) is 6.93. The zero-order chi connectivity index (χ0) is 11.5. The quantitative estimate of drug-likeness (QED) is 0.852. The number of rotatable bonds is 2. The van der Waals surface area contributed by atoms with Gasteiger partial charge in [-0.25, -0.2) is 4.98 Å². The molecule has 0 radical (unpaired) electrons. The van der Waals surface area contributed by atoms with Crippen LogP contribution in [0.2, 0.25) is 0 Å². The van der Waals surface area contributed by atoms with Crippen LogP contribution in [0, 0.1) is 12.8 Å². The van der Waals surface area contributed by atoms with E-state index in [1.54, 1.807) is 0 Å². The molecule has 1 aromatic heterocycles. The largest absolute Gasteiger partial charge is 0.397 e. The average molecular weight is 236 g/mol. The van der Waals surface area contributed by atoms with Gasteiger partial charge in [0.25, 0.3) is 0 Å². The van der Waals surface area contributed by atoms with Crippen LogP contribution in [-0.2, 0) is 0 Å². The zero-order valence-electron chi connectivity index (χ0n) is 10.1. The number of anilines is 1. The summed E-state index contributed by atoms with van der Waals surface area (Å²) < 4.78 is 0. The summed E-state index contributed by atoms with van der Waals surface area (Å²) >= 11 is 1.87. The van der Waals surface area contributed by atoms with Gasteiger partial charge >= 0.3 is 0 Å². The fourth-order valence-corrected chi connectivity index (χ4v) is 3.71. The van der Waals surface area contributed by atoms with Crippen LogP contribution < -0.4 is 5.73 Å². The standard InChI is InChI=1S/C13H20N2S/c1-9-4-3-5-11(8-9)16-13-12(14)7-6-10(2)15-13/h6-7,9,11H,3-5,8,14H2,1-2H3. The molecule has 0 aliphatic heterocycles. The number of nitrogens with two attached hydrogens (primary N) is 1. The molecule has 1 aromatic rings. The summed E-state index contributed by atoms with van der Waals surface area (Å²) in [6, 6.07) is 3.94. The molecular formula is C13H20N2S. The van der Waals surface area contributed by atoms with E-state index < -0.39 is 0 Å². The van der Waals surface area contributed by atoms with E-state index in [0.717, 1.165) is 22.3 Å². The Morgan fingerprint density at radius 2 is 2.19 bits per heavy atom. The highest BCUT2D eigenvalue weighted by Crippen LogP contribution is 2.37. The Labute approximate surface area is 102 Å². The van der Waals surface area contributed by atoms with Crippen molar-refractivity contribution < 1.29 is 0 Å². The summed E-state index contributed by atoms with van der Waals surface area (Å²) in [4.78, 5) is 4.53. The molecule has 88 valence electrons. The maximum atomic E-state index is 5.96. The molecule has 16 heavy (non-hydrogen) atoms. The normalized spacial score (nSPS) is 25.6. The van der Waals surface area contributed by atoms with E-state index in [0.29, 0.717) is 5.25 Å². The molecule has 0 aromatic carbocycles. The van der Waals surface area contributed by atoms with Gasteiger partial charge in [0.05, 0.1) is 5.69 Å². The summed E-state index contributed by atoms with van der Waals surface area (Å²) in [6.45, 7) is 4.37. The Balaban J connectivity index is 2.05. The van der Waals surface area contributed by atoms with Gasteiger partial charge in [-0.3, -0.25) is 0 Å². The monoisotopic (exact) mass is 236 g/mol. The SMILES string of the molecule is Cc1ccc(N)c(SC2CCCC(C)C2)n1. The second kappa shape index (κ2) is 5.09. The van der Waals surface area contributed by atoms with Crippen LogP contribution >= 0.6 is 11.8 Å². The fourth-order valence-electron chi connectivity index (χ4n) is 2.28. The number of nitrogen functional groups attached to an aromatic ring is 1. The second-order valence-corrected chi connectivity index (χ2v) is 6.15. The molecule has 2 N–H and O–H groups in total. The van der Waals surface area contributed by atoms with Crippen LogP contribution in [0.25, 0.3) is 0 Å². The summed E-state index contributed by atoms with van der Waals surface area (Å²) in [6.07, 6.45) is 5.35. The first-order chi connectivity index (χ1) is 7.65. The fraction of sp³-hybridized carbons (Fsp3) is 0.615. The molecule has 2 nitrogen and oxygen atoms in total. The van der Waals surface area contributed by atoms with Gasteiger partial charge < -0.3 is 5.73 Å². The van der Waals surface area contributed by atoms with E-state index in [2.05, 4.69) is 11.9 Å². The Hall–Kier alpha value is -0.700. The maximum Gasteiger partial charge on any atom is 0.119 e. The number of nitrogens with zero attached hydrogens (tertiary/aromatic N) is 1. The van der Waals surface area contributed by atoms with E-state index in [1.165, 1.54) is 25.7 Å². The van der Waals surface area contributed by atoms with Crippen molar-refractivity contribution in [3.63, 3.8) is 0 Å². The van der Waals surface area contributed by atoms with Gasteiger partial charge in [-0.2, -0.15) is 0 Å². The van der Waals surface area contributed by atoms with Crippen LogP contribution in [0.15, 0.2) is 17.2 Å². The van der Waals surface area contributed by atoms with Crippen LogP contribution in [0.4, 0.5) is 5.69 Å². The first-order valence-electron chi connectivity index (χ1n) is 6.05. The number of aromatic nitrogens is 1. The van der Waals surface area contributed by atoms with Crippen molar-refractivity contribution in [2.45, 2.75) is 49.8 Å². The van der Waals surface area contributed by atoms with Crippen molar-refractivity contribution in [3.05, 3.63) is 17.8 Å². The number of pyridine rings is 1. The number of thioether (sulfide) groups is 1. The minimum absolute atomic E-state index is 0.709. The van der Waals surface area contributed by atoms with E-state index in [-0.39, 0.29) is 0 Å². The molecule has 0 amide bonds. The molecule has 2 unspecified atom stereocenters. The number of hydrogen-bond acceptors (Lipinski definition) is 3. The predicted molar refractivity (Wildman–Crippen MR) is 70.7 cm³/mol. The Morgan fingerprint density at radius 1 is 1.38 bits per heavy atom. The van der Waals surface area contributed by atoms with Gasteiger partial charge in [0.1, 0.15) is 5.03 Å². The molecule has 3 heteroatoms. The van der Waals surface area contributed by atoms with Crippen molar-refractivity contribution >= 4 is 17.4 Å². The Bertz CT molecular complexity index is 365. The van der Waals surface area contributed by atoms with Gasteiger partial charge in [0.15, 0.2) is 0 Å². The van der Waals surface area contributed by atoms with Crippen LogP contribution in [-0.4, -0.2) is 10.2 Å². The van der Waals surface area contributed by atoms with Gasteiger partial charge in [-0.1, -0.05) is 19.8 Å². The molecular weight excluding hydrogens is 216 g/mol. The highest BCUT2D eigenvalue weighted by atomic mass is 32.2. The predicted octanol–water partition coefficient (Wildman–Crippen LogP) is 3.64. The summed E-state index contributed by atoms with van der Waals surface area (Å²) in [5.41, 5.74) is 7.84. The van der Waals surface area contributed by atoms with Crippen molar-refractivity contribution in [1.82, 2.24) is 4.98 Å². The summed E-state index contributed by atoms with van der Waals surface area (Å²) in [7, 11) is 0. The lowest BCUT2D eigenvalue weighted by atomic mass is 9.91. The van der Waals surface area contributed by atoms with Gasteiger partial charge in [-0.15, -0.1) is 11.8 Å². The Morgan fingerprint density at radius 3 is 2.94 bits per heavy atom. The highest BCUT2D eigenvalue weighted by molar-refractivity contribution is 8.00. The molecule has 2 rings (SSSR count). The molecule has 0 saturated heterocycles. The average Bonchev–Trinajstić information content (AvgIpc) is 2.24. The lowest BCUT2D eigenvalue weighted by Crippen LogP contribution is -2.15. The van der Waals surface area contributed by atoms with Gasteiger partial charge in [0.2, 0.25) is 0 Å². The van der Waals surface area contributed by atoms with Crippen molar-refractivity contribution in [1.29, 1.82) is 0 Å². The third-order valence-electron chi connectivity index (χ3n) is 3.20. The molecule has 0 spiro atoms. The maximum absolute atomic E-state index is 5.96. The third kappa shape index (κ3) is 2.91. The Kier molecular flexibility index (Phi) is 3.74. The molecule has 0 bridgehead atoms. The first kappa shape index (κ1) is 11.8. The summed E-state index contributed by atoms with van der Waals surface area (Å²) in [5, 5.41) is 1.74.